The number of methoxy groups -OCH3 is 1. The largest absolute Gasteiger partial charge is 0.419 e. The van der Waals surface area contributed by atoms with Gasteiger partial charge in [0.2, 0.25) is 0 Å². The number of hydrogen-bond donors (Lipinski definition) is 1. The third-order valence-electron chi connectivity index (χ3n) is 3.39. The van der Waals surface area contributed by atoms with Crippen molar-refractivity contribution in [3.8, 4) is 0 Å². The van der Waals surface area contributed by atoms with Gasteiger partial charge in [0.15, 0.2) is 5.58 Å². The van der Waals surface area contributed by atoms with Crippen molar-refractivity contribution in [3.05, 3.63) is 34.3 Å². The number of benzene rings is 1. The first-order valence-electron chi connectivity index (χ1n) is 6.25. The van der Waals surface area contributed by atoms with E-state index in [4.69, 9.17) is 9.15 Å². The van der Waals surface area contributed by atoms with Crippen LogP contribution in [0, 0.1) is 0 Å². The van der Waals surface area contributed by atoms with Crippen molar-refractivity contribution >= 4 is 11.1 Å². The lowest BCUT2D eigenvalue weighted by atomic mass is 9.84. The van der Waals surface area contributed by atoms with Crippen molar-refractivity contribution in [1.82, 2.24) is 9.88 Å². The molecule has 2 rings (SSSR count). The molecule has 0 radical (unpaired) electrons. The van der Waals surface area contributed by atoms with E-state index < -0.39 is 0 Å². The standard InChI is InChI=1S/C14H20N2O3/c1-14(2,8-15-9-18-4)10-5-6-11-12(7-10)19-13(17)16(11)3/h5-7,15H,8-9H2,1-4H3. The molecular weight excluding hydrogens is 244 g/mol. The molecule has 2 aromatic rings. The van der Waals surface area contributed by atoms with Crippen LogP contribution in [0.2, 0.25) is 0 Å². The summed E-state index contributed by atoms with van der Waals surface area (Å²) in [6, 6.07) is 5.89. The van der Waals surface area contributed by atoms with Crippen molar-refractivity contribution in [3.63, 3.8) is 0 Å². The zero-order valence-electron chi connectivity index (χ0n) is 11.8. The average Bonchev–Trinajstić information content (AvgIpc) is 2.65. The van der Waals surface area contributed by atoms with Crippen LogP contribution < -0.4 is 11.1 Å². The van der Waals surface area contributed by atoms with E-state index in [-0.39, 0.29) is 11.2 Å². The molecule has 0 aliphatic carbocycles. The van der Waals surface area contributed by atoms with Crippen molar-refractivity contribution in [2.75, 3.05) is 20.4 Å². The summed E-state index contributed by atoms with van der Waals surface area (Å²) in [5, 5.41) is 3.22. The predicted octanol–water partition coefficient (Wildman–Crippen LogP) is 1.60. The summed E-state index contributed by atoms with van der Waals surface area (Å²) in [7, 11) is 3.36. The van der Waals surface area contributed by atoms with Crippen LogP contribution in [0.15, 0.2) is 27.4 Å². The Hall–Kier alpha value is -1.59. The van der Waals surface area contributed by atoms with Gasteiger partial charge in [0, 0.05) is 26.1 Å². The van der Waals surface area contributed by atoms with E-state index in [0.717, 1.165) is 17.6 Å². The fourth-order valence-electron chi connectivity index (χ4n) is 2.12. The van der Waals surface area contributed by atoms with Crippen LogP contribution in [-0.2, 0) is 17.2 Å². The Morgan fingerprint density at radius 1 is 1.42 bits per heavy atom. The molecule has 0 aliphatic heterocycles. The van der Waals surface area contributed by atoms with Crippen LogP contribution in [0.4, 0.5) is 0 Å². The SMILES string of the molecule is COCNCC(C)(C)c1ccc2c(c1)oc(=O)n2C. The number of nitrogens with one attached hydrogen (secondary N) is 1. The molecule has 1 aromatic carbocycles. The van der Waals surface area contributed by atoms with Crippen molar-refractivity contribution in [2.24, 2.45) is 7.05 Å². The van der Waals surface area contributed by atoms with E-state index in [9.17, 15) is 4.79 Å². The molecule has 104 valence electrons. The first kappa shape index (κ1) is 13.8. The molecule has 1 heterocycles. The number of nitrogens with zero attached hydrogens (tertiary/aromatic N) is 1. The second-order valence-corrected chi connectivity index (χ2v) is 5.35. The first-order valence-corrected chi connectivity index (χ1v) is 6.25. The second kappa shape index (κ2) is 5.19. The summed E-state index contributed by atoms with van der Waals surface area (Å²) in [5.74, 6) is -0.331. The molecule has 1 aromatic heterocycles. The molecule has 0 atom stereocenters. The molecule has 0 spiro atoms. The highest BCUT2D eigenvalue weighted by Crippen LogP contribution is 2.25. The maximum atomic E-state index is 11.5. The number of aryl methyl sites for hydroxylation is 1. The minimum Gasteiger partial charge on any atom is -0.408 e. The minimum atomic E-state index is -0.331. The third kappa shape index (κ3) is 2.72. The Morgan fingerprint density at radius 2 is 2.16 bits per heavy atom. The van der Waals surface area contributed by atoms with Gasteiger partial charge in [-0.1, -0.05) is 19.9 Å². The van der Waals surface area contributed by atoms with Crippen LogP contribution in [0.5, 0.6) is 0 Å². The van der Waals surface area contributed by atoms with E-state index in [1.165, 1.54) is 4.57 Å². The molecule has 0 saturated heterocycles. The summed E-state index contributed by atoms with van der Waals surface area (Å²) in [5.41, 5.74) is 2.50. The quantitative estimate of drug-likeness (QED) is 0.658. The molecular formula is C14H20N2O3. The van der Waals surface area contributed by atoms with Gasteiger partial charge in [0.05, 0.1) is 12.2 Å². The van der Waals surface area contributed by atoms with Crippen LogP contribution in [-0.4, -0.2) is 25.0 Å². The summed E-state index contributed by atoms with van der Waals surface area (Å²) in [6.07, 6.45) is 0. The molecule has 19 heavy (non-hydrogen) atoms. The third-order valence-corrected chi connectivity index (χ3v) is 3.39. The molecule has 0 amide bonds. The van der Waals surface area contributed by atoms with Gasteiger partial charge < -0.3 is 9.15 Å². The van der Waals surface area contributed by atoms with Gasteiger partial charge in [0.1, 0.15) is 0 Å². The normalized spacial score (nSPS) is 12.2. The predicted molar refractivity (Wildman–Crippen MR) is 74.4 cm³/mol. The zero-order valence-corrected chi connectivity index (χ0v) is 11.8. The Labute approximate surface area is 112 Å². The first-order chi connectivity index (χ1) is 8.95. The van der Waals surface area contributed by atoms with Crippen molar-refractivity contribution in [2.45, 2.75) is 19.3 Å². The maximum Gasteiger partial charge on any atom is 0.419 e. The van der Waals surface area contributed by atoms with E-state index in [1.54, 1.807) is 14.2 Å². The number of aromatic nitrogens is 1. The van der Waals surface area contributed by atoms with Crippen LogP contribution in [0.25, 0.3) is 11.1 Å². The lowest BCUT2D eigenvalue weighted by Gasteiger charge is -2.25. The van der Waals surface area contributed by atoms with E-state index in [2.05, 4.69) is 19.2 Å². The Bertz CT molecular complexity index is 625. The minimum absolute atomic E-state index is 0.0683. The van der Waals surface area contributed by atoms with Gasteiger partial charge >= 0.3 is 5.76 Å². The van der Waals surface area contributed by atoms with Gasteiger partial charge in [-0.05, 0) is 17.7 Å². The highest BCUT2D eigenvalue weighted by Gasteiger charge is 2.21. The van der Waals surface area contributed by atoms with Gasteiger partial charge in [-0.15, -0.1) is 0 Å². The lowest BCUT2D eigenvalue weighted by molar-refractivity contribution is 0.169. The van der Waals surface area contributed by atoms with Gasteiger partial charge in [-0.25, -0.2) is 4.79 Å². The monoisotopic (exact) mass is 264 g/mol. The summed E-state index contributed by atoms with van der Waals surface area (Å²) < 4.78 is 11.7. The molecule has 0 fully saturated rings. The lowest BCUT2D eigenvalue weighted by Crippen LogP contribution is -2.33. The highest BCUT2D eigenvalue weighted by molar-refractivity contribution is 5.74. The fourth-order valence-corrected chi connectivity index (χ4v) is 2.12. The van der Waals surface area contributed by atoms with Crippen LogP contribution in [0.1, 0.15) is 19.4 Å². The number of fused-ring (bicyclic) bond motifs is 1. The van der Waals surface area contributed by atoms with Gasteiger partial charge in [-0.3, -0.25) is 9.88 Å². The van der Waals surface area contributed by atoms with E-state index in [0.29, 0.717) is 12.3 Å². The van der Waals surface area contributed by atoms with Crippen molar-refractivity contribution in [1.29, 1.82) is 0 Å². The maximum absolute atomic E-state index is 11.5. The van der Waals surface area contributed by atoms with Crippen molar-refractivity contribution < 1.29 is 9.15 Å². The molecule has 5 heteroatoms. The van der Waals surface area contributed by atoms with Gasteiger partial charge in [0.25, 0.3) is 0 Å². The van der Waals surface area contributed by atoms with Gasteiger partial charge in [-0.2, -0.15) is 0 Å². The average molecular weight is 264 g/mol. The molecule has 0 saturated carbocycles. The zero-order chi connectivity index (χ0) is 14.0. The number of oxazole rings is 1. The summed E-state index contributed by atoms with van der Waals surface area (Å²) in [4.78, 5) is 11.5. The Kier molecular flexibility index (Phi) is 3.78. The Morgan fingerprint density at radius 3 is 2.84 bits per heavy atom. The van der Waals surface area contributed by atoms with E-state index >= 15 is 0 Å². The number of hydrogen-bond acceptors (Lipinski definition) is 4. The van der Waals surface area contributed by atoms with E-state index in [1.807, 2.05) is 18.2 Å². The topological polar surface area (TPSA) is 56.4 Å². The number of rotatable bonds is 5. The molecule has 0 bridgehead atoms. The fraction of sp³-hybridized carbons (Fsp3) is 0.500. The molecule has 5 nitrogen and oxygen atoms in total. The second-order valence-electron chi connectivity index (χ2n) is 5.35. The molecule has 1 N–H and O–H groups in total. The highest BCUT2D eigenvalue weighted by atomic mass is 16.5. The summed E-state index contributed by atoms with van der Waals surface area (Å²) in [6.45, 7) is 5.57. The van der Waals surface area contributed by atoms with Crippen LogP contribution >= 0.6 is 0 Å². The molecule has 0 unspecified atom stereocenters. The van der Waals surface area contributed by atoms with Crippen LogP contribution in [0.3, 0.4) is 0 Å². The number of ether oxygens (including phenoxy) is 1. The molecule has 0 aliphatic rings. The summed E-state index contributed by atoms with van der Waals surface area (Å²) >= 11 is 0. The smallest absolute Gasteiger partial charge is 0.408 e. The Balaban J connectivity index is 2.32.